The van der Waals surface area contributed by atoms with E-state index < -0.39 is 0 Å². The van der Waals surface area contributed by atoms with E-state index in [0.717, 1.165) is 25.1 Å². The molecule has 0 heterocycles. The summed E-state index contributed by atoms with van der Waals surface area (Å²) in [5.41, 5.74) is 6.99. The number of methoxy groups -OCH3 is 2. The predicted octanol–water partition coefficient (Wildman–Crippen LogP) is 1.94. The lowest BCUT2D eigenvalue weighted by Gasteiger charge is -2.22. The Morgan fingerprint density at radius 2 is 1.90 bits per heavy atom. The summed E-state index contributed by atoms with van der Waals surface area (Å²) in [5.74, 6) is -0.320. The minimum atomic E-state index is -0.320. The second-order valence-corrected chi connectivity index (χ2v) is 5.27. The first kappa shape index (κ1) is 18.0. The fourth-order valence-corrected chi connectivity index (χ4v) is 2.18. The largest absolute Gasteiger partial charge is 0.389 e. The number of halogens is 1. The molecule has 4 nitrogen and oxygen atoms in total. The fourth-order valence-electron chi connectivity index (χ4n) is 2.06. The lowest BCUT2D eigenvalue weighted by Crippen LogP contribution is -2.29. The van der Waals surface area contributed by atoms with E-state index in [1.165, 1.54) is 12.1 Å². The molecule has 0 radical (unpaired) electrons. The predicted molar refractivity (Wildman–Crippen MR) is 85.9 cm³/mol. The zero-order valence-electron chi connectivity index (χ0n) is 12.6. The number of nitrogens with zero attached hydrogens (tertiary/aromatic N) is 1. The van der Waals surface area contributed by atoms with Crippen molar-refractivity contribution in [3.05, 3.63) is 35.1 Å². The molecule has 0 unspecified atom stereocenters. The molecule has 1 rings (SSSR count). The number of thiocarbonyl (C=S) groups is 1. The molecule has 0 saturated heterocycles. The zero-order chi connectivity index (χ0) is 15.7. The van der Waals surface area contributed by atoms with Crippen LogP contribution in [0.2, 0.25) is 0 Å². The van der Waals surface area contributed by atoms with Crippen LogP contribution in [-0.4, -0.2) is 50.4 Å². The first-order valence-corrected chi connectivity index (χ1v) is 7.27. The molecule has 118 valence electrons. The number of nitrogens with two attached hydrogens (primary N) is 1. The highest BCUT2D eigenvalue weighted by Crippen LogP contribution is 2.12. The van der Waals surface area contributed by atoms with Crippen LogP contribution >= 0.6 is 12.2 Å². The number of hydrogen-bond acceptors (Lipinski definition) is 4. The standard InChI is InChI=1S/C15H23FN2O2S/c1-19-6-3-4-18(5-7-20-2)11-12-8-13(15(17)21)10-14(16)9-12/h8-10H,3-7,11H2,1-2H3,(H2,17,21). The highest BCUT2D eigenvalue weighted by Gasteiger charge is 2.09. The summed E-state index contributed by atoms with van der Waals surface area (Å²) in [6.07, 6.45) is 0.914. The van der Waals surface area contributed by atoms with Gasteiger partial charge in [-0.3, -0.25) is 4.90 Å². The van der Waals surface area contributed by atoms with Crippen molar-refractivity contribution in [2.45, 2.75) is 13.0 Å². The van der Waals surface area contributed by atoms with Gasteiger partial charge in [-0.25, -0.2) is 4.39 Å². The van der Waals surface area contributed by atoms with Crippen molar-refractivity contribution >= 4 is 17.2 Å². The fraction of sp³-hybridized carbons (Fsp3) is 0.533. The molecule has 0 fully saturated rings. The van der Waals surface area contributed by atoms with Crippen molar-refractivity contribution < 1.29 is 13.9 Å². The molecule has 0 atom stereocenters. The van der Waals surface area contributed by atoms with Gasteiger partial charge in [0.15, 0.2) is 0 Å². The van der Waals surface area contributed by atoms with E-state index in [0.29, 0.717) is 25.3 Å². The Morgan fingerprint density at radius 1 is 1.19 bits per heavy atom. The monoisotopic (exact) mass is 314 g/mol. The van der Waals surface area contributed by atoms with Crippen LogP contribution in [-0.2, 0) is 16.0 Å². The maximum absolute atomic E-state index is 13.6. The Morgan fingerprint density at radius 3 is 2.52 bits per heavy atom. The third kappa shape index (κ3) is 6.95. The van der Waals surface area contributed by atoms with Crippen LogP contribution in [0, 0.1) is 5.82 Å². The van der Waals surface area contributed by atoms with Gasteiger partial charge < -0.3 is 15.2 Å². The van der Waals surface area contributed by atoms with E-state index in [1.807, 2.05) is 6.07 Å². The summed E-state index contributed by atoms with van der Waals surface area (Å²) in [6.45, 7) is 3.59. The van der Waals surface area contributed by atoms with E-state index in [1.54, 1.807) is 14.2 Å². The van der Waals surface area contributed by atoms with E-state index in [2.05, 4.69) is 4.90 Å². The smallest absolute Gasteiger partial charge is 0.124 e. The summed E-state index contributed by atoms with van der Waals surface area (Å²) in [4.78, 5) is 2.40. The number of ether oxygens (including phenoxy) is 2. The van der Waals surface area contributed by atoms with Gasteiger partial charge in [0.05, 0.1) is 6.61 Å². The van der Waals surface area contributed by atoms with Crippen LogP contribution in [0.15, 0.2) is 18.2 Å². The summed E-state index contributed by atoms with van der Waals surface area (Å²) in [6, 6.07) is 4.70. The summed E-state index contributed by atoms with van der Waals surface area (Å²) in [5, 5.41) is 0. The molecule has 6 heteroatoms. The van der Waals surface area contributed by atoms with E-state index in [9.17, 15) is 4.39 Å². The highest BCUT2D eigenvalue weighted by molar-refractivity contribution is 7.80. The van der Waals surface area contributed by atoms with E-state index in [-0.39, 0.29) is 10.8 Å². The molecule has 21 heavy (non-hydrogen) atoms. The Kier molecular flexibility index (Phi) is 8.37. The van der Waals surface area contributed by atoms with Crippen molar-refractivity contribution in [3.8, 4) is 0 Å². The summed E-state index contributed by atoms with van der Waals surface area (Å²) < 4.78 is 23.8. The Balaban J connectivity index is 2.73. The molecule has 1 aromatic rings. The van der Waals surface area contributed by atoms with Crippen LogP contribution < -0.4 is 5.73 Å². The number of hydrogen-bond donors (Lipinski definition) is 1. The van der Waals surface area contributed by atoms with Crippen molar-refractivity contribution in [1.82, 2.24) is 4.90 Å². The van der Waals surface area contributed by atoms with Crippen LogP contribution in [0.25, 0.3) is 0 Å². The van der Waals surface area contributed by atoms with Gasteiger partial charge >= 0.3 is 0 Å². The molecule has 0 spiro atoms. The molecule has 1 aromatic carbocycles. The first-order valence-electron chi connectivity index (χ1n) is 6.86. The number of rotatable bonds is 10. The van der Waals surface area contributed by atoms with Gasteiger partial charge in [-0.05, 0) is 30.2 Å². The van der Waals surface area contributed by atoms with Gasteiger partial charge in [-0.1, -0.05) is 12.2 Å². The third-order valence-electron chi connectivity index (χ3n) is 3.08. The molecular formula is C15H23FN2O2S. The second kappa shape index (κ2) is 9.78. The zero-order valence-corrected chi connectivity index (χ0v) is 13.4. The SMILES string of the molecule is COCCCN(CCOC)Cc1cc(F)cc(C(N)=S)c1. The van der Waals surface area contributed by atoms with Crippen molar-refractivity contribution in [2.24, 2.45) is 5.73 Å². The Bertz CT molecular complexity index is 457. The maximum atomic E-state index is 13.6. The lowest BCUT2D eigenvalue weighted by atomic mass is 10.1. The highest BCUT2D eigenvalue weighted by atomic mass is 32.1. The Labute approximate surface area is 131 Å². The lowest BCUT2D eigenvalue weighted by molar-refractivity contribution is 0.129. The molecule has 0 aliphatic heterocycles. The minimum Gasteiger partial charge on any atom is -0.389 e. The normalized spacial score (nSPS) is 11.0. The number of benzene rings is 1. The average Bonchev–Trinajstić information content (AvgIpc) is 2.44. The minimum absolute atomic E-state index is 0.207. The summed E-state index contributed by atoms with van der Waals surface area (Å²) >= 11 is 4.91. The van der Waals surface area contributed by atoms with Crippen LogP contribution in [0.3, 0.4) is 0 Å². The molecule has 0 aliphatic rings. The molecule has 2 N–H and O–H groups in total. The van der Waals surface area contributed by atoms with Crippen LogP contribution in [0.4, 0.5) is 4.39 Å². The van der Waals surface area contributed by atoms with Gasteiger partial charge in [0, 0.05) is 46.0 Å². The first-order chi connectivity index (χ1) is 10.1. The molecule has 0 bridgehead atoms. The van der Waals surface area contributed by atoms with Crippen molar-refractivity contribution in [2.75, 3.05) is 40.5 Å². The molecular weight excluding hydrogens is 291 g/mol. The van der Waals surface area contributed by atoms with Crippen molar-refractivity contribution in [1.29, 1.82) is 0 Å². The van der Waals surface area contributed by atoms with Gasteiger partial charge in [-0.2, -0.15) is 0 Å². The van der Waals surface area contributed by atoms with Crippen LogP contribution in [0.5, 0.6) is 0 Å². The summed E-state index contributed by atoms with van der Waals surface area (Å²) in [7, 11) is 3.35. The quantitative estimate of drug-likeness (QED) is 0.528. The average molecular weight is 314 g/mol. The third-order valence-corrected chi connectivity index (χ3v) is 3.32. The van der Waals surface area contributed by atoms with Gasteiger partial charge in [0.25, 0.3) is 0 Å². The molecule has 0 saturated carbocycles. The maximum Gasteiger partial charge on any atom is 0.124 e. The molecule has 0 aliphatic carbocycles. The van der Waals surface area contributed by atoms with Crippen molar-refractivity contribution in [3.63, 3.8) is 0 Å². The van der Waals surface area contributed by atoms with Gasteiger partial charge in [0.1, 0.15) is 10.8 Å². The van der Waals surface area contributed by atoms with Gasteiger partial charge in [0.2, 0.25) is 0 Å². The second-order valence-electron chi connectivity index (χ2n) is 4.83. The van der Waals surface area contributed by atoms with Gasteiger partial charge in [-0.15, -0.1) is 0 Å². The topological polar surface area (TPSA) is 47.7 Å². The van der Waals surface area contributed by atoms with E-state index in [4.69, 9.17) is 27.4 Å². The van der Waals surface area contributed by atoms with Crippen LogP contribution in [0.1, 0.15) is 17.5 Å². The van der Waals surface area contributed by atoms with E-state index >= 15 is 0 Å². The molecule has 0 aromatic heterocycles. The Hall–Kier alpha value is -1.08. The molecule has 0 amide bonds.